The average Bonchev–Trinajstić information content (AvgIpc) is 2.98. The van der Waals surface area contributed by atoms with Crippen molar-refractivity contribution in [3.63, 3.8) is 0 Å². The summed E-state index contributed by atoms with van der Waals surface area (Å²) in [4.78, 5) is 12.7. The summed E-state index contributed by atoms with van der Waals surface area (Å²) in [5.74, 6) is -0.0786. The van der Waals surface area contributed by atoms with Crippen molar-refractivity contribution in [3.8, 4) is 22.6 Å². The van der Waals surface area contributed by atoms with Crippen molar-refractivity contribution in [2.45, 2.75) is 57.3 Å². The molecule has 0 radical (unpaired) electrons. The van der Waals surface area contributed by atoms with Gasteiger partial charge in [0.1, 0.15) is 23.1 Å². The molecule has 41 heavy (non-hydrogen) atoms. The van der Waals surface area contributed by atoms with E-state index in [2.05, 4.69) is 0 Å². The number of aromatic hydroxyl groups is 1. The van der Waals surface area contributed by atoms with E-state index in [9.17, 15) is 23.6 Å². The summed E-state index contributed by atoms with van der Waals surface area (Å²) in [6.45, 7) is 4.80. The molecule has 1 aliphatic carbocycles. The van der Waals surface area contributed by atoms with Gasteiger partial charge in [-0.2, -0.15) is 0 Å². The number of ether oxygens (including phenoxy) is 2. The Bertz CT molecular complexity index is 1480. The molecule has 4 rings (SSSR count). The fourth-order valence-corrected chi connectivity index (χ4v) is 6.41. The largest absolute Gasteiger partial charge is 0.507 e. The van der Waals surface area contributed by atoms with E-state index in [1.165, 1.54) is 18.2 Å². The minimum atomic E-state index is -1.60. The van der Waals surface area contributed by atoms with Crippen LogP contribution >= 0.6 is 0 Å². The lowest BCUT2D eigenvalue weighted by molar-refractivity contribution is 0.0693. The number of allylic oxidation sites excluding steroid dienone is 3. The number of aromatic carboxylic acids is 1. The third kappa shape index (κ3) is 7.24. The van der Waals surface area contributed by atoms with E-state index in [1.807, 2.05) is 26.0 Å². The number of carboxylic acids is 1. The molecule has 3 aromatic carbocycles. The maximum atomic E-state index is 13.6. The highest BCUT2D eigenvalue weighted by Crippen LogP contribution is 2.37. The Morgan fingerprint density at radius 2 is 1.76 bits per heavy atom. The molecule has 0 aromatic heterocycles. The van der Waals surface area contributed by atoms with E-state index >= 15 is 0 Å². The number of phenolic OH excluding ortho intramolecular Hbond substituents is 1. The predicted molar refractivity (Wildman–Crippen MR) is 158 cm³/mol. The van der Waals surface area contributed by atoms with E-state index in [-0.39, 0.29) is 17.1 Å². The summed E-state index contributed by atoms with van der Waals surface area (Å²) in [5.41, 5.74) is 3.21. The number of halogens is 1. The standard InChI is InChI=1S/C33H35FO6S/c1-3-9-25-29(11-7-13-31(25)41(38)32-12-6-5-10-26(32)33(36)37)39-18-8-19-40-30-21-28(35)27(20-22(30)4-2)23-14-16-24(34)17-15-23/h5-6,10-12,14-17,20-21,35H,3-4,7-9,13,18-19H2,1-2H3,(H,36,37). The van der Waals surface area contributed by atoms with Crippen molar-refractivity contribution in [3.05, 3.63) is 99.9 Å². The number of hydrogen-bond donors (Lipinski definition) is 2. The zero-order valence-electron chi connectivity index (χ0n) is 23.3. The van der Waals surface area contributed by atoms with Crippen LogP contribution in [0, 0.1) is 5.82 Å². The highest BCUT2D eigenvalue weighted by molar-refractivity contribution is 7.89. The van der Waals surface area contributed by atoms with Crippen LogP contribution in [0.15, 0.2) is 87.9 Å². The number of hydrogen-bond acceptors (Lipinski definition) is 5. The zero-order valence-corrected chi connectivity index (χ0v) is 24.1. The van der Waals surface area contributed by atoms with Gasteiger partial charge in [-0.25, -0.2) is 13.4 Å². The quantitative estimate of drug-likeness (QED) is 0.201. The van der Waals surface area contributed by atoms with Crippen LogP contribution in [-0.4, -0.2) is 33.6 Å². The second-order valence-corrected chi connectivity index (χ2v) is 11.2. The number of aryl methyl sites for hydroxylation is 1. The normalized spacial score (nSPS) is 14.0. The highest BCUT2D eigenvalue weighted by atomic mass is 32.2. The summed E-state index contributed by atoms with van der Waals surface area (Å²) in [6, 6.07) is 15.9. The Morgan fingerprint density at radius 3 is 2.46 bits per heavy atom. The molecular weight excluding hydrogens is 543 g/mol. The van der Waals surface area contributed by atoms with Crippen LogP contribution in [0.25, 0.3) is 11.1 Å². The first-order chi connectivity index (χ1) is 19.8. The van der Waals surface area contributed by atoms with Crippen LogP contribution in [0.3, 0.4) is 0 Å². The lowest BCUT2D eigenvalue weighted by Crippen LogP contribution is -2.13. The first-order valence-electron chi connectivity index (χ1n) is 13.9. The van der Waals surface area contributed by atoms with Gasteiger partial charge in [0.15, 0.2) is 0 Å². The molecule has 0 saturated heterocycles. The van der Waals surface area contributed by atoms with E-state index in [1.54, 1.807) is 36.4 Å². The average molecular weight is 579 g/mol. The van der Waals surface area contributed by atoms with Crippen molar-refractivity contribution in [1.82, 2.24) is 0 Å². The SMILES string of the molecule is CCCC1=C(S(=O)c2ccccc2C(=O)O)CCC=C1OCCCOc1cc(O)c(-c2ccc(F)cc2)cc1CC. The molecule has 3 aromatic rings. The maximum absolute atomic E-state index is 13.6. The Labute approximate surface area is 242 Å². The second kappa shape index (κ2) is 14.1. The van der Waals surface area contributed by atoms with Crippen LogP contribution in [0.2, 0.25) is 0 Å². The van der Waals surface area contributed by atoms with Gasteiger partial charge in [-0.15, -0.1) is 0 Å². The van der Waals surface area contributed by atoms with Crippen molar-refractivity contribution in [1.29, 1.82) is 0 Å². The third-order valence-corrected chi connectivity index (χ3v) is 8.55. The van der Waals surface area contributed by atoms with Crippen LogP contribution in [-0.2, 0) is 22.0 Å². The van der Waals surface area contributed by atoms with Crippen molar-refractivity contribution >= 4 is 16.8 Å². The Morgan fingerprint density at radius 1 is 1.02 bits per heavy atom. The lowest BCUT2D eigenvalue weighted by Gasteiger charge is -2.22. The topological polar surface area (TPSA) is 93.1 Å². The molecule has 0 bridgehead atoms. The maximum Gasteiger partial charge on any atom is 0.336 e. The molecule has 6 nitrogen and oxygen atoms in total. The van der Waals surface area contributed by atoms with Gasteiger partial charge in [-0.05, 0) is 73.2 Å². The van der Waals surface area contributed by atoms with Gasteiger partial charge in [-0.3, -0.25) is 0 Å². The second-order valence-electron chi connectivity index (χ2n) is 9.72. The van der Waals surface area contributed by atoms with Crippen molar-refractivity contribution in [2.75, 3.05) is 13.2 Å². The predicted octanol–water partition coefficient (Wildman–Crippen LogP) is 7.78. The molecule has 0 aliphatic heterocycles. The molecule has 1 atom stereocenters. The van der Waals surface area contributed by atoms with Crippen molar-refractivity contribution in [2.24, 2.45) is 0 Å². The Balaban J connectivity index is 1.41. The number of carbonyl (C=O) groups is 1. The van der Waals surface area contributed by atoms with Gasteiger partial charge in [0, 0.05) is 28.5 Å². The van der Waals surface area contributed by atoms with Gasteiger partial charge < -0.3 is 19.7 Å². The Hall–Kier alpha value is -3.91. The van der Waals surface area contributed by atoms with E-state index < -0.39 is 16.8 Å². The number of carboxylic acid groups (broad SMARTS) is 1. The first-order valence-corrected chi connectivity index (χ1v) is 15.0. The van der Waals surface area contributed by atoms with E-state index in [4.69, 9.17) is 9.47 Å². The lowest BCUT2D eigenvalue weighted by atomic mass is 10.00. The highest BCUT2D eigenvalue weighted by Gasteiger charge is 2.25. The van der Waals surface area contributed by atoms with E-state index in [0.29, 0.717) is 67.3 Å². The molecule has 1 unspecified atom stereocenters. The summed E-state index contributed by atoms with van der Waals surface area (Å²) in [6.07, 6.45) is 6.05. The molecule has 0 spiro atoms. The monoisotopic (exact) mass is 578 g/mol. The molecule has 0 amide bonds. The molecule has 8 heteroatoms. The summed E-state index contributed by atoms with van der Waals surface area (Å²) in [7, 11) is -1.60. The van der Waals surface area contributed by atoms with Gasteiger partial charge in [0.05, 0.1) is 34.5 Å². The molecule has 1 aliphatic rings. The fraction of sp³-hybridized carbons (Fsp3) is 0.303. The number of benzene rings is 3. The van der Waals surface area contributed by atoms with Crippen LogP contribution < -0.4 is 4.74 Å². The Kier molecular flexibility index (Phi) is 10.4. The number of phenols is 1. The van der Waals surface area contributed by atoms with Crippen LogP contribution in [0.1, 0.15) is 61.9 Å². The van der Waals surface area contributed by atoms with Crippen LogP contribution in [0.5, 0.6) is 11.5 Å². The smallest absolute Gasteiger partial charge is 0.336 e. The molecule has 0 heterocycles. The molecule has 0 saturated carbocycles. The fourth-order valence-electron chi connectivity index (χ4n) is 4.86. The zero-order chi connectivity index (χ0) is 29.4. The molecule has 216 valence electrons. The summed E-state index contributed by atoms with van der Waals surface area (Å²) < 4.78 is 39.0. The van der Waals surface area contributed by atoms with Crippen molar-refractivity contribution < 1.29 is 33.1 Å². The summed E-state index contributed by atoms with van der Waals surface area (Å²) >= 11 is 0. The van der Waals surface area contributed by atoms with Crippen LogP contribution in [0.4, 0.5) is 4.39 Å². The molecule has 0 fully saturated rings. The molecule has 2 N–H and O–H groups in total. The number of rotatable bonds is 13. The van der Waals surface area contributed by atoms with Gasteiger partial charge in [0.25, 0.3) is 0 Å². The van der Waals surface area contributed by atoms with Gasteiger partial charge in [-0.1, -0.05) is 44.5 Å². The van der Waals surface area contributed by atoms with Gasteiger partial charge in [0.2, 0.25) is 0 Å². The van der Waals surface area contributed by atoms with Gasteiger partial charge >= 0.3 is 5.97 Å². The summed E-state index contributed by atoms with van der Waals surface area (Å²) in [5, 5.41) is 20.2. The third-order valence-electron chi connectivity index (χ3n) is 6.89. The van der Waals surface area contributed by atoms with E-state index in [0.717, 1.165) is 28.0 Å². The molecular formula is C33H35FO6S. The first kappa shape index (κ1) is 30.1. The minimum Gasteiger partial charge on any atom is -0.507 e. The minimum absolute atomic E-state index is 0.0477.